The monoisotopic (exact) mass is 301 g/mol. The number of alkyl carbamates (subject to hydrolysis) is 1. The molecule has 0 radical (unpaired) electrons. The molecule has 0 saturated carbocycles. The quantitative estimate of drug-likeness (QED) is 0.653. The van der Waals surface area contributed by atoms with Crippen molar-refractivity contribution in [3.05, 3.63) is 18.7 Å². The Morgan fingerprint density at radius 3 is 2.24 bits per heavy atom. The molecule has 0 unspecified atom stereocenters. The van der Waals surface area contributed by atoms with Crippen LogP contribution >= 0.6 is 0 Å². The molecular weight excluding hydrogens is 282 g/mol. The van der Waals surface area contributed by atoms with E-state index in [2.05, 4.69) is 10.3 Å². The zero-order chi connectivity index (χ0) is 15.3. The molecule has 0 aromatic carbocycles. The summed E-state index contributed by atoms with van der Waals surface area (Å²) in [5, 5.41) is 2.32. The van der Waals surface area contributed by atoms with Crippen LogP contribution in [0.5, 0.6) is 0 Å². The van der Waals surface area contributed by atoms with Crippen LogP contribution in [0.4, 0.5) is 9.59 Å². The summed E-state index contributed by atoms with van der Waals surface area (Å²) in [5.41, 5.74) is 0. The van der Waals surface area contributed by atoms with Crippen molar-refractivity contribution in [3.8, 4) is 0 Å². The van der Waals surface area contributed by atoms with E-state index >= 15 is 0 Å². The van der Waals surface area contributed by atoms with E-state index in [0.29, 0.717) is 19.8 Å². The predicted octanol–water partition coefficient (Wildman–Crippen LogP) is 0.257. The zero-order valence-corrected chi connectivity index (χ0v) is 11.8. The van der Waals surface area contributed by atoms with E-state index in [9.17, 15) is 9.59 Å². The van der Waals surface area contributed by atoms with Gasteiger partial charge in [-0.1, -0.05) is 0 Å². The molecular formula is C12H19N3O6. The lowest BCUT2D eigenvalue weighted by Crippen LogP contribution is -2.21. The molecule has 0 bridgehead atoms. The average Bonchev–Trinajstić information content (AvgIpc) is 3.03. The largest absolute Gasteiger partial charge is 0.447 e. The Balaban J connectivity index is 1.85. The number of carbonyl (C=O) groups excluding carboxylic acids is 2. The van der Waals surface area contributed by atoms with Crippen molar-refractivity contribution in [1.29, 1.82) is 0 Å². The lowest BCUT2D eigenvalue weighted by atomic mass is 10.7. The Morgan fingerprint density at radius 2 is 1.67 bits per heavy atom. The molecule has 0 aliphatic heterocycles. The number of carbonyl (C=O) groups is 2. The number of nitrogens with one attached hydrogen (secondary N) is 1. The molecule has 1 heterocycles. The lowest BCUT2D eigenvalue weighted by molar-refractivity contribution is 0.0158. The van der Waals surface area contributed by atoms with Gasteiger partial charge in [-0.3, -0.25) is 0 Å². The van der Waals surface area contributed by atoms with Gasteiger partial charge in [0.1, 0.15) is 19.5 Å². The third-order valence-corrected chi connectivity index (χ3v) is 2.21. The number of rotatable bonds is 9. The SMILES string of the molecule is CNC(=O)OCCOCCOCCOC(=O)n1ccnc1. The second-order valence-electron chi connectivity index (χ2n) is 3.69. The average molecular weight is 301 g/mol. The fraction of sp³-hybridized carbons (Fsp3) is 0.583. The highest BCUT2D eigenvalue weighted by atomic mass is 16.6. The summed E-state index contributed by atoms with van der Waals surface area (Å²) in [7, 11) is 1.48. The molecule has 1 aromatic rings. The van der Waals surface area contributed by atoms with E-state index in [1.54, 1.807) is 0 Å². The maximum atomic E-state index is 11.4. The van der Waals surface area contributed by atoms with Crippen LogP contribution in [-0.2, 0) is 18.9 Å². The smallest absolute Gasteiger partial charge is 0.419 e. The first-order valence-electron chi connectivity index (χ1n) is 6.39. The summed E-state index contributed by atoms with van der Waals surface area (Å²) in [4.78, 5) is 25.8. The van der Waals surface area contributed by atoms with Gasteiger partial charge in [-0.05, 0) is 0 Å². The van der Waals surface area contributed by atoms with E-state index in [-0.39, 0.29) is 19.8 Å². The van der Waals surface area contributed by atoms with Crippen LogP contribution in [0.15, 0.2) is 18.7 Å². The predicted molar refractivity (Wildman–Crippen MR) is 71.0 cm³/mol. The Hall–Kier alpha value is -2.13. The Morgan fingerprint density at radius 1 is 1.05 bits per heavy atom. The van der Waals surface area contributed by atoms with Crippen LogP contribution in [-0.4, -0.2) is 68.4 Å². The molecule has 21 heavy (non-hydrogen) atoms. The third-order valence-electron chi connectivity index (χ3n) is 2.21. The van der Waals surface area contributed by atoms with Crippen molar-refractivity contribution >= 4 is 12.2 Å². The summed E-state index contributed by atoms with van der Waals surface area (Å²) in [6.07, 6.45) is 3.35. The first-order valence-corrected chi connectivity index (χ1v) is 6.39. The van der Waals surface area contributed by atoms with Crippen LogP contribution in [0.2, 0.25) is 0 Å². The van der Waals surface area contributed by atoms with Crippen LogP contribution in [0, 0.1) is 0 Å². The number of hydrogen-bond donors (Lipinski definition) is 1. The maximum absolute atomic E-state index is 11.4. The molecule has 118 valence electrons. The molecule has 1 aromatic heterocycles. The van der Waals surface area contributed by atoms with Gasteiger partial charge >= 0.3 is 12.2 Å². The van der Waals surface area contributed by atoms with E-state index in [1.165, 1.54) is 30.3 Å². The third kappa shape index (κ3) is 7.90. The van der Waals surface area contributed by atoms with Crippen LogP contribution in [0.25, 0.3) is 0 Å². The summed E-state index contributed by atoms with van der Waals surface area (Å²) >= 11 is 0. The number of imidazole rings is 1. The van der Waals surface area contributed by atoms with Crippen molar-refractivity contribution in [3.63, 3.8) is 0 Å². The standard InChI is InChI=1S/C12H19N3O6/c1-13-11(16)20-8-6-18-4-5-19-7-9-21-12(17)15-3-2-14-10-15/h2-3,10H,4-9H2,1H3,(H,13,16). The maximum Gasteiger partial charge on any atom is 0.419 e. The fourth-order valence-electron chi connectivity index (χ4n) is 1.22. The van der Waals surface area contributed by atoms with Gasteiger partial charge in [0.25, 0.3) is 0 Å². The molecule has 1 amide bonds. The number of amides is 1. The van der Waals surface area contributed by atoms with Crippen molar-refractivity contribution in [2.75, 3.05) is 46.7 Å². The number of aromatic nitrogens is 2. The Bertz CT molecular complexity index is 409. The molecule has 1 N–H and O–H groups in total. The number of nitrogens with zero attached hydrogens (tertiary/aromatic N) is 2. The molecule has 0 aliphatic rings. The molecule has 0 spiro atoms. The van der Waals surface area contributed by atoms with Gasteiger partial charge in [-0.15, -0.1) is 0 Å². The number of ether oxygens (including phenoxy) is 4. The fourth-order valence-corrected chi connectivity index (χ4v) is 1.22. The Kier molecular flexibility index (Phi) is 8.57. The van der Waals surface area contributed by atoms with Gasteiger partial charge < -0.3 is 24.3 Å². The summed E-state index contributed by atoms with van der Waals surface area (Å²) in [6.45, 7) is 1.64. The molecule has 9 heteroatoms. The highest BCUT2D eigenvalue weighted by Gasteiger charge is 2.03. The second kappa shape index (κ2) is 10.6. The molecule has 1 rings (SSSR count). The van der Waals surface area contributed by atoms with Crippen molar-refractivity contribution in [2.45, 2.75) is 0 Å². The summed E-state index contributed by atoms with van der Waals surface area (Å²) in [6, 6.07) is 0. The lowest BCUT2D eigenvalue weighted by Gasteiger charge is -2.07. The second-order valence-corrected chi connectivity index (χ2v) is 3.69. The van der Waals surface area contributed by atoms with Crippen molar-refractivity contribution in [1.82, 2.24) is 14.9 Å². The van der Waals surface area contributed by atoms with Gasteiger partial charge in [0.2, 0.25) is 0 Å². The highest BCUT2D eigenvalue weighted by molar-refractivity contribution is 5.69. The normalized spacial score (nSPS) is 10.1. The van der Waals surface area contributed by atoms with Crippen LogP contribution in [0.1, 0.15) is 0 Å². The molecule has 0 aliphatic carbocycles. The first-order chi connectivity index (χ1) is 10.2. The summed E-state index contributed by atoms with van der Waals surface area (Å²) < 4.78 is 21.2. The van der Waals surface area contributed by atoms with E-state index in [4.69, 9.17) is 18.9 Å². The van der Waals surface area contributed by atoms with Crippen molar-refractivity contribution in [2.24, 2.45) is 0 Å². The highest BCUT2D eigenvalue weighted by Crippen LogP contribution is 1.90. The Labute approximate surface area is 122 Å². The van der Waals surface area contributed by atoms with Crippen LogP contribution in [0.3, 0.4) is 0 Å². The molecule has 9 nitrogen and oxygen atoms in total. The van der Waals surface area contributed by atoms with E-state index < -0.39 is 12.2 Å². The minimum Gasteiger partial charge on any atom is -0.447 e. The zero-order valence-electron chi connectivity index (χ0n) is 11.8. The van der Waals surface area contributed by atoms with Gasteiger partial charge in [-0.2, -0.15) is 0 Å². The summed E-state index contributed by atoms with van der Waals surface area (Å²) in [5.74, 6) is 0. The molecule has 0 atom stereocenters. The van der Waals surface area contributed by atoms with Gasteiger partial charge in [0, 0.05) is 19.4 Å². The topological polar surface area (TPSA) is 101 Å². The molecule has 0 saturated heterocycles. The minimum absolute atomic E-state index is 0.150. The van der Waals surface area contributed by atoms with Crippen molar-refractivity contribution < 1.29 is 28.5 Å². The number of hydrogen-bond acceptors (Lipinski definition) is 7. The van der Waals surface area contributed by atoms with E-state index in [1.807, 2.05) is 0 Å². The van der Waals surface area contributed by atoms with Gasteiger partial charge in [0.15, 0.2) is 0 Å². The molecule has 0 fully saturated rings. The van der Waals surface area contributed by atoms with Gasteiger partial charge in [0.05, 0.1) is 26.4 Å². The van der Waals surface area contributed by atoms with Gasteiger partial charge in [-0.25, -0.2) is 19.1 Å². The van der Waals surface area contributed by atoms with Crippen LogP contribution < -0.4 is 5.32 Å². The minimum atomic E-state index is -0.501. The van der Waals surface area contributed by atoms with E-state index in [0.717, 1.165) is 0 Å². The first kappa shape index (κ1) is 16.9.